The molecular weight excluding hydrogens is 370 g/mol. The predicted molar refractivity (Wildman–Crippen MR) is 92.5 cm³/mol. The number of unbranched alkanes of at least 4 members (excludes halogenated alkanes) is 1. The lowest BCUT2D eigenvalue weighted by atomic mass is 10.1. The molecule has 112 valence electrons. The van der Waals surface area contributed by atoms with Gasteiger partial charge in [0.2, 0.25) is 5.13 Å². The fourth-order valence-electron chi connectivity index (χ4n) is 1.60. The molecule has 1 aromatic carbocycles. The first kappa shape index (κ1) is 16.5. The SMILES string of the molecule is CCCCNc1nnc(SCC(=O)c2ccccc2Br)s1. The highest BCUT2D eigenvalue weighted by molar-refractivity contribution is 9.10. The molecular formula is C14H16BrN3OS2. The molecule has 21 heavy (non-hydrogen) atoms. The van der Waals surface area contributed by atoms with Crippen molar-refractivity contribution in [3.8, 4) is 0 Å². The third-order valence-corrected chi connectivity index (χ3v) is 5.42. The first-order chi connectivity index (χ1) is 10.2. The maximum absolute atomic E-state index is 12.1. The van der Waals surface area contributed by atoms with Crippen molar-refractivity contribution in [2.24, 2.45) is 0 Å². The second-order valence-corrected chi connectivity index (χ2v) is 7.40. The minimum Gasteiger partial charge on any atom is -0.360 e. The molecule has 0 aliphatic carbocycles. The molecule has 2 rings (SSSR count). The van der Waals surface area contributed by atoms with E-state index in [2.05, 4.69) is 38.4 Å². The largest absolute Gasteiger partial charge is 0.360 e. The van der Waals surface area contributed by atoms with Crippen molar-refractivity contribution in [3.63, 3.8) is 0 Å². The van der Waals surface area contributed by atoms with Crippen LogP contribution in [0.3, 0.4) is 0 Å². The van der Waals surface area contributed by atoms with Gasteiger partial charge in [0.25, 0.3) is 0 Å². The van der Waals surface area contributed by atoms with Crippen LogP contribution >= 0.6 is 39.0 Å². The molecule has 7 heteroatoms. The van der Waals surface area contributed by atoms with Gasteiger partial charge in [-0.2, -0.15) is 0 Å². The van der Waals surface area contributed by atoms with E-state index in [1.807, 2.05) is 24.3 Å². The number of carbonyl (C=O) groups is 1. The number of rotatable bonds is 8. The van der Waals surface area contributed by atoms with E-state index in [0.29, 0.717) is 11.3 Å². The van der Waals surface area contributed by atoms with Crippen molar-refractivity contribution >= 4 is 49.9 Å². The molecule has 2 aromatic rings. The highest BCUT2D eigenvalue weighted by atomic mass is 79.9. The third-order valence-electron chi connectivity index (χ3n) is 2.71. The molecule has 0 saturated carbocycles. The Hall–Kier alpha value is -0.920. The lowest BCUT2D eigenvalue weighted by Gasteiger charge is -2.01. The van der Waals surface area contributed by atoms with Crippen molar-refractivity contribution < 1.29 is 4.79 Å². The van der Waals surface area contributed by atoms with Gasteiger partial charge >= 0.3 is 0 Å². The number of hydrogen-bond donors (Lipinski definition) is 1. The summed E-state index contributed by atoms with van der Waals surface area (Å²) in [7, 11) is 0. The molecule has 0 amide bonds. The number of hydrogen-bond acceptors (Lipinski definition) is 6. The number of Topliss-reactive ketones (excluding diaryl/α,β-unsaturated/α-hetero) is 1. The monoisotopic (exact) mass is 385 g/mol. The number of ketones is 1. The fourth-order valence-corrected chi connectivity index (χ4v) is 3.77. The number of nitrogens with zero attached hydrogens (tertiary/aromatic N) is 2. The molecule has 1 N–H and O–H groups in total. The molecule has 0 fully saturated rings. The van der Waals surface area contributed by atoms with E-state index in [0.717, 1.165) is 33.3 Å². The summed E-state index contributed by atoms with van der Waals surface area (Å²) in [5, 5.41) is 12.2. The van der Waals surface area contributed by atoms with Crippen molar-refractivity contribution in [1.29, 1.82) is 0 Å². The zero-order valence-corrected chi connectivity index (χ0v) is 14.9. The topological polar surface area (TPSA) is 54.9 Å². The van der Waals surface area contributed by atoms with Gasteiger partial charge in [-0.15, -0.1) is 10.2 Å². The van der Waals surface area contributed by atoms with Crippen LogP contribution in [0.4, 0.5) is 5.13 Å². The number of thioether (sulfide) groups is 1. The van der Waals surface area contributed by atoms with Crippen LogP contribution in [0.1, 0.15) is 30.1 Å². The predicted octanol–water partition coefficient (Wildman–Crippen LogP) is 4.49. The van der Waals surface area contributed by atoms with Crippen LogP contribution in [0.25, 0.3) is 0 Å². The summed E-state index contributed by atoms with van der Waals surface area (Å²) in [5.41, 5.74) is 0.704. The van der Waals surface area contributed by atoms with Gasteiger partial charge in [0.15, 0.2) is 10.1 Å². The van der Waals surface area contributed by atoms with Crippen molar-refractivity contribution in [3.05, 3.63) is 34.3 Å². The zero-order chi connectivity index (χ0) is 15.1. The second kappa shape index (κ2) is 8.51. The number of benzene rings is 1. The highest BCUT2D eigenvalue weighted by Gasteiger charge is 2.12. The molecule has 0 spiro atoms. The summed E-state index contributed by atoms with van der Waals surface area (Å²) in [5.74, 6) is 0.454. The molecule has 0 aliphatic rings. The molecule has 0 bridgehead atoms. The van der Waals surface area contributed by atoms with Crippen molar-refractivity contribution in [1.82, 2.24) is 10.2 Å². The standard InChI is InChI=1S/C14H16BrN3OS2/c1-2-3-8-16-13-17-18-14(21-13)20-9-12(19)10-6-4-5-7-11(10)15/h4-7H,2-3,8-9H2,1H3,(H,16,17). The van der Waals surface area contributed by atoms with E-state index in [1.54, 1.807) is 0 Å². The van der Waals surface area contributed by atoms with E-state index in [-0.39, 0.29) is 5.78 Å². The summed E-state index contributed by atoms with van der Waals surface area (Å²) in [6, 6.07) is 7.46. The lowest BCUT2D eigenvalue weighted by Crippen LogP contribution is -2.02. The summed E-state index contributed by atoms with van der Waals surface area (Å²) < 4.78 is 1.64. The van der Waals surface area contributed by atoms with Gasteiger partial charge in [0.1, 0.15) is 0 Å². The molecule has 1 heterocycles. The Balaban J connectivity index is 1.86. The zero-order valence-electron chi connectivity index (χ0n) is 11.6. The van der Waals surface area contributed by atoms with Gasteiger partial charge in [-0.25, -0.2) is 0 Å². The summed E-state index contributed by atoms with van der Waals surface area (Å²) in [4.78, 5) is 12.1. The van der Waals surface area contributed by atoms with Crippen molar-refractivity contribution in [2.75, 3.05) is 17.6 Å². The Morgan fingerprint density at radius 3 is 2.95 bits per heavy atom. The maximum Gasteiger partial charge on any atom is 0.206 e. The average Bonchev–Trinajstić information content (AvgIpc) is 2.93. The van der Waals surface area contributed by atoms with Gasteiger partial charge in [0.05, 0.1) is 5.75 Å². The minimum atomic E-state index is 0.0863. The summed E-state index contributed by atoms with van der Waals surface area (Å²) >= 11 is 6.31. The Morgan fingerprint density at radius 1 is 1.38 bits per heavy atom. The number of halogens is 1. The van der Waals surface area contributed by atoms with Crippen LogP contribution in [-0.2, 0) is 0 Å². The van der Waals surface area contributed by atoms with Crippen LogP contribution in [0.5, 0.6) is 0 Å². The summed E-state index contributed by atoms with van der Waals surface area (Å²) in [6.45, 7) is 3.06. The van der Waals surface area contributed by atoms with Crippen molar-refractivity contribution in [2.45, 2.75) is 24.1 Å². The Kier molecular flexibility index (Phi) is 6.66. The minimum absolute atomic E-state index is 0.0863. The fraction of sp³-hybridized carbons (Fsp3) is 0.357. The Morgan fingerprint density at radius 2 is 2.19 bits per heavy atom. The average molecular weight is 386 g/mol. The van der Waals surface area contributed by atoms with E-state index < -0.39 is 0 Å². The van der Waals surface area contributed by atoms with Crippen LogP contribution in [0.2, 0.25) is 0 Å². The number of anilines is 1. The quantitative estimate of drug-likeness (QED) is 0.412. The maximum atomic E-state index is 12.1. The Bertz CT molecular complexity index is 603. The van der Waals surface area contributed by atoms with Gasteiger partial charge in [0, 0.05) is 16.6 Å². The molecule has 0 aliphatic heterocycles. The van der Waals surface area contributed by atoms with E-state index in [9.17, 15) is 4.79 Å². The number of carbonyl (C=O) groups excluding carboxylic acids is 1. The van der Waals surface area contributed by atoms with Crippen LogP contribution < -0.4 is 5.32 Å². The Labute approximate surface area is 140 Å². The van der Waals surface area contributed by atoms with Gasteiger partial charge < -0.3 is 5.32 Å². The molecule has 1 aromatic heterocycles. The van der Waals surface area contributed by atoms with E-state index in [4.69, 9.17) is 0 Å². The first-order valence-corrected chi connectivity index (χ1v) is 9.28. The van der Waals surface area contributed by atoms with Crippen LogP contribution in [0.15, 0.2) is 33.1 Å². The smallest absolute Gasteiger partial charge is 0.206 e. The number of nitrogens with one attached hydrogen (secondary N) is 1. The van der Waals surface area contributed by atoms with Crippen LogP contribution in [0, 0.1) is 0 Å². The van der Waals surface area contributed by atoms with E-state index in [1.165, 1.54) is 23.1 Å². The molecule has 0 atom stereocenters. The molecule has 0 saturated heterocycles. The first-order valence-electron chi connectivity index (χ1n) is 6.68. The van der Waals surface area contributed by atoms with Gasteiger partial charge in [-0.1, -0.05) is 70.6 Å². The highest BCUT2D eigenvalue weighted by Crippen LogP contribution is 2.27. The second-order valence-electron chi connectivity index (χ2n) is 4.35. The summed E-state index contributed by atoms with van der Waals surface area (Å²) in [6.07, 6.45) is 2.26. The number of aromatic nitrogens is 2. The van der Waals surface area contributed by atoms with Crippen LogP contribution in [-0.4, -0.2) is 28.3 Å². The lowest BCUT2D eigenvalue weighted by molar-refractivity contribution is 0.102. The molecule has 0 radical (unpaired) electrons. The third kappa shape index (κ3) is 5.09. The molecule has 0 unspecified atom stereocenters. The van der Waals surface area contributed by atoms with Gasteiger partial charge in [-0.05, 0) is 12.5 Å². The normalized spacial score (nSPS) is 10.6. The van der Waals surface area contributed by atoms with E-state index >= 15 is 0 Å². The van der Waals surface area contributed by atoms with Gasteiger partial charge in [-0.3, -0.25) is 4.79 Å². The molecule has 4 nitrogen and oxygen atoms in total.